The molecule has 21 heavy (non-hydrogen) atoms. The van der Waals surface area contributed by atoms with E-state index < -0.39 is 0 Å². The van der Waals surface area contributed by atoms with Gasteiger partial charge in [-0.25, -0.2) is 0 Å². The summed E-state index contributed by atoms with van der Waals surface area (Å²) in [6.07, 6.45) is 2.66. The third-order valence-electron chi connectivity index (χ3n) is 4.23. The van der Waals surface area contributed by atoms with Gasteiger partial charge >= 0.3 is 0 Å². The van der Waals surface area contributed by atoms with Crippen LogP contribution >= 0.6 is 0 Å². The van der Waals surface area contributed by atoms with Gasteiger partial charge in [-0.05, 0) is 50.9 Å². The van der Waals surface area contributed by atoms with Crippen LogP contribution in [0, 0.1) is 0 Å². The average molecular weight is 290 g/mol. The first kappa shape index (κ1) is 16.5. The molecule has 0 aromatic heterocycles. The molecular formula is C18H30N2O. The van der Waals surface area contributed by atoms with Crippen molar-refractivity contribution in [3.63, 3.8) is 0 Å². The number of hydrogen-bond acceptors (Lipinski definition) is 3. The maximum Gasteiger partial charge on any atom is 0.0674 e. The lowest BCUT2D eigenvalue weighted by Gasteiger charge is -2.37. The van der Waals surface area contributed by atoms with Crippen molar-refractivity contribution in [2.75, 3.05) is 26.2 Å². The van der Waals surface area contributed by atoms with Crippen LogP contribution in [0.3, 0.4) is 0 Å². The van der Waals surface area contributed by atoms with E-state index in [4.69, 9.17) is 4.74 Å². The van der Waals surface area contributed by atoms with Crippen LogP contribution in [0.1, 0.15) is 38.3 Å². The lowest BCUT2D eigenvalue weighted by Crippen LogP contribution is -2.46. The van der Waals surface area contributed by atoms with Crippen LogP contribution in [-0.2, 0) is 17.7 Å². The summed E-state index contributed by atoms with van der Waals surface area (Å²) in [6, 6.07) is 9.38. The average Bonchev–Trinajstić information content (AvgIpc) is 2.49. The third kappa shape index (κ3) is 5.10. The van der Waals surface area contributed by atoms with Crippen LogP contribution < -0.4 is 5.32 Å². The van der Waals surface area contributed by atoms with Gasteiger partial charge in [-0.2, -0.15) is 0 Å². The predicted molar refractivity (Wildman–Crippen MR) is 88.6 cm³/mol. The fourth-order valence-electron chi connectivity index (χ4n) is 2.89. The fourth-order valence-corrected chi connectivity index (χ4v) is 2.89. The summed E-state index contributed by atoms with van der Waals surface area (Å²) in [6.45, 7) is 11.7. The van der Waals surface area contributed by atoms with Gasteiger partial charge in [0.05, 0.1) is 12.7 Å². The smallest absolute Gasteiger partial charge is 0.0674 e. The zero-order chi connectivity index (χ0) is 15.1. The summed E-state index contributed by atoms with van der Waals surface area (Å²) in [5, 5.41) is 3.50. The first-order valence-corrected chi connectivity index (χ1v) is 8.33. The molecule has 3 nitrogen and oxygen atoms in total. The van der Waals surface area contributed by atoms with Crippen molar-refractivity contribution in [3.8, 4) is 0 Å². The molecule has 0 amide bonds. The van der Waals surface area contributed by atoms with E-state index in [-0.39, 0.29) is 0 Å². The second-order valence-corrected chi connectivity index (χ2v) is 6.19. The van der Waals surface area contributed by atoms with Crippen LogP contribution in [0.2, 0.25) is 0 Å². The second kappa shape index (κ2) is 8.52. The van der Waals surface area contributed by atoms with Crippen LogP contribution in [0.15, 0.2) is 24.3 Å². The van der Waals surface area contributed by atoms with Crippen molar-refractivity contribution in [2.45, 2.75) is 52.3 Å². The standard InChI is InChI=1S/C18H30N2O/c1-4-10-19-11-9-17-7-5-6-8-18(17)13-20-12-16(3)21-14-15(20)2/h5-8,15-16,19H,4,9-14H2,1-3H3. The largest absolute Gasteiger partial charge is 0.376 e. The van der Waals surface area contributed by atoms with Gasteiger partial charge in [-0.15, -0.1) is 0 Å². The topological polar surface area (TPSA) is 24.5 Å². The zero-order valence-corrected chi connectivity index (χ0v) is 13.8. The van der Waals surface area contributed by atoms with Crippen molar-refractivity contribution < 1.29 is 4.74 Å². The molecule has 2 atom stereocenters. The molecule has 1 saturated heterocycles. The Kier molecular flexibility index (Phi) is 6.68. The first-order chi connectivity index (χ1) is 10.2. The van der Waals surface area contributed by atoms with E-state index in [0.29, 0.717) is 12.1 Å². The molecular weight excluding hydrogens is 260 g/mol. The van der Waals surface area contributed by atoms with E-state index in [1.54, 1.807) is 0 Å². The molecule has 0 saturated carbocycles. The Hall–Kier alpha value is -0.900. The number of morpholine rings is 1. The molecule has 0 spiro atoms. The highest BCUT2D eigenvalue weighted by Gasteiger charge is 2.23. The van der Waals surface area contributed by atoms with E-state index in [1.165, 1.54) is 17.5 Å². The number of benzene rings is 1. The van der Waals surface area contributed by atoms with E-state index in [2.05, 4.69) is 55.3 Å². The molecule has 1 aliphatic rings. The molecule has 0 bridgehead atoms. The first-order valence-electron chi connectivity index (χ1n) is 8.33. The highest BCUT2D eigenvalue weighted by Crippen LogP contribution is 2.18. The van der Waals surface area contributed by atoms with Crippen molar-refractivity contribution in [2.24, 2.45) is 0 Å². The molecule has 118 valence electrons. The normalized spacial score (nSPS) is 23.4. The molecule has 1 aliphatic heterocycles. The molecule has 0 radical (unpaired) electrons. The Balaban J connectivity index is 1.95. The Morgan fingerprint density at radius 3 is 2.71 bits per heavy atom. The molecule has 0 aliphatic carbocycles. The maximum atomic E-state index is 5.73. The maximum absolute atomic E-state index is 5.73. The van der Waals surface area contributed by atoms with Gasteiger partial charge in [0.15, 0.2) is 0 Å². The van der Waals surface area contributed by atoms with Crippen molar-refractivity contribution in [1.82, 2.24) is 10.2 Å². The molecule has 2 rings (SSSR count). The van der Waals surface area contributed by atoms with Gasteiger partial charge in [0, 0.05) is 19.1 Å². The van der Waals surface area contributed by atoms with E-state index in [0.717, 1.165) is 39.2 Å². The van der Waals surface area contributed by atoms with E-state index in [9.17, 15) is 0 Å². The lowest BCUT2D eigenvalue weighted by atomic mass is 10.0. The quantitative estimate of drug-likeness (QED) is 0.782. The summed E-state index contributed by atoms with van der Waals surface area (Å²) in [5.41, 5.74) is 2.95. The second-order valence-electron chi connectivity index (χ2n) is 6.19. The summed E-state index contributed by atoms with van der Waals surface area (Å²) >= 11 is 0. The Morgan fingerprint density at radius 2 is 1.95 bits per heavy atom. The number of hydrogen-bond donors (Lipinski definition) is 1. The summed E-state index contributed by atoms with van der Waals surface area (Å²) < 4.78 is 5.73. The van der Waals surface area contributed by atoms with Gasteiger partial charge in [-0.1, -0.05) is 31.2 Å². The number of ether oxygens (including phenoxy) is 1. The molecule has 1 aromatic carbocycles. The number of rotatable bonds is 7. The van der Waals surface area contributed by atoms with Gasteiger partial charge in [0.1, 0.15) is 0 Å². The van der Waals surface area contributed by atoms with Crippen molar-refractivity contribution >= 4 is 0 Å². The van der Waals surface area contributed by atoms with Gasteiger partial charge < -0.3 is 10.1 Å². The molecule has 1 fully saturated rings. The molecule has 1 N–H and O–H groups in total. The molecule has 1 heterocycles. The monoisotopic (exact) mass is 290 g/mol. The number of nitrogens with one attached hydrogen (secondary N) is 1. The van der Waals surface area contributed by atoms with Crippen LogP contribution in [0.25, 0.3) is 0 Å². The summed E-state index contributed by atoms with van der Waals surface area (Å²) in [4.78, 5) is 2.55. The third-order valence-corrected chi connectivity index (χ3v) is 4.23. The SMILES string of the molecule is CCCNCCc1ccccc1CN1CC(C)OCC1C. The predicted octanol–water partition coefficient (Wildman–Crippen LogP) is 2.84. The van der Waals surface area contributed by atoms with Gasteiger partial charge in [0.2, 0.25) is 0 Å². The summed E-state index contributed by atoms with van der Waals surface area (Å²) in [5.74, 6) is 0. The Bertz CT molecular complexity index is 421. The van der Waals surface area contributed by atoms with Crippen LogP contribution in [0.5, 0.6) is 0 Å². The number of nitrogens with zero attached hydrogens (tertiary/aromatic N) is 1. The van der Waals surface area contributed by atoms with Gasteiger partial charge in [0.25, 0.3) is 0 Å². The minimum Gasteiger partial charge on any atom is -0.376 e. The Labute approximate surface area is 129 Å². The van der Waals surface area contributed by atoms with E-state index in [1.807, 2.05) is 0 Å². The molecule has 2 unspecified atom stereocenters. The zero-order valence-electron chi connectivity index (χ0n) is 13.8. The minimum atomic E-state index is 0.347. The van der Waals surface area contributed by atoms with Crippen LogP contribution in [0.4, 0.5) is 0 Å². The highest BCUT2D eigenvalue weighted by atomic mass is 16.5. The van der Waals surface area contributed by atoms with Gasteiger partial charge in [-0.3, -0.25) is 4.90 Å². The Morgan fingerprint density at radius 1 is 1.19 bits per heavy atom. The van der Waals surface area contributed by atoms with Crippen molar-refractivity contribution in [1.29, 1.82) is 0 Å². The summed E-state index contributed by atoms with van der Waals surface area (Å²) in [7, 11) is 0. The highest BCUT2D eigenvalue weighted by molar-refractivity contribution is 5.27. The minimum absolute atomic E-state index is 0.347. The molecule has 1 aromatic rings. The fraction of sp³-hybridized carbons (Fsp3) is 0.667. The molecule has 3 heteroatoms. The lowest BCUT2D eigenvalue weighted by molar-refractivity contribution is -0.0527. The van der Waals surface area contributed by atoms with Crippen LogP contribution in [-0.4, -0.2) is 43.3 Å². The van der Waals surface area contributed by atoms with Crippen molar-refractivity contribution in [3.05, 3.63) is 35.4 Å². The van der Waals surface area contributed by atoms with E-state index >= 15 is 0 Å².